The Hall–Kier alpha value is -0.290. The first-order chi connectivity index (χ1) is 8.45. The van der Waals surface area contributed by atoms with E-state index >= 15 is 0 Å². The van der Waals surface area contributed by atoms with E-state index in [1.54, 1.807) is 25.2 Å². The molecule has 0 atom stereocenters. The Morgan fingerprint density at radius 1 is 1.39 bits per heavy atom. The van der Waals surface area contributed by atoms with Crippen molar-refractivity contribution in [2.45, 2.75) is 23.6 Å². The van der Waals surface area contributed by atoms with E-state index in [1.807, 2.05) is 0 Å². The van der Waals surface area contributed by atoms with Gasteiger partial charge in [0.05, 0.1) is 5.02 Å². The van der Waals surface area contributed by atoms with Crippen LogP contribution in [-0.2, 0) is 15.9 Å². The first-order valence-corrected chi connectivity index (χ1v) is 8.11. The van der Waals surface area contributed by atoms with E-state index in [9.17, 15) is 8.42 Å². The summed E-state index contributed by atoms with van der Waals surface area (Å²) >= 11 is 11.7. The molecular formula is C12H15Cl2NO2S. The van der Waals surface area contributed by atoms with E-state index in [4.69, 9.17) is 23.2 Å². The smallest absolute Gasteiger partial charge is 0.207 e. The lowest BCUT2D eigenvalue weighted by atomic mass is 10.2. The lowest BCUT2D eigenvalue weighted by molar-refractivity contribution is 0.453. The first-order valence-electron chi connectivity index (χ1n) is 5.76. The Morgan fingerprint density at radius 3 is 2.61 bits per heavy atom. The summed E-state index contributed by atoms with van der Waals surface area (Å²) < 4.78 is 26.1. The fourth-order valence-corrected chi connectivity index (χ4v) is 3.69. The van der Waals surface area contributed by atoms with Crippen molar-refractivity contribution in [2.75, 3.05) is 13.6 Å². The Kier molecular flexibility index (Phi) is 4.22. The third-order valence-corrected chi connectivity index (χ3v) is 5.66. The lowest BCUT2D eigenvalue weighted by Gasteiger charge is -2.18. The molecule has 0 aromatic heterocycles. The molecule has 100 valence electrons. The van der Waals surface area contributed by atoms with Gasteiger partial charge >= 0.3 is 0 Å². The summed E-state index contributed by atoms with van der Waals surface area (Å²) in [7, 11) is -1.92. The van der Waals surface area contributed by atoms with Gasteiger partial charge in [0.25, 0.3) is 0 Å². The summed E-state index contributed by atoms with van der Waals surface area (Å²) in [5, 5.41) is 0.242. The molecule has 0 bridgehead atoms. The molecule has 0 radical (unpaired) electrons. The average molecular weight is 308 g/mol. The van der Waals surface area contributed by atoms with E-state index in [-0.39, 0.29) is 15.8 Å². The number of benzene rings is 1. The number of halogens is 2. The Balaban J connectivity index is 2.32. The largest absolute Gasteiger partial charge is 0.244 e. The van der Waals surface area contributed by atoms with Crippen LogP contribution in [0.5, 0.6) is 0 Å². The molecule has 3 nitrogen and oxygen atoms in total. The van der Waals surface area contributed by atoms with Crippen LogP contribution < -0.4 is 0 Å². The highest BCUT2D eigenvalue weighted by atomic mass is 35.5. The lowest BCUT2D eigenvalue weighted by Crippen LogP contribution is -2.29. The van der Waals surface area contributed by atoms with Gasteiger partial charge in [0.2, 0.25) is 10.0 Å². The fraction of sp³-hybridized carbons (Fsp3) is 0.500. The molecule has 2 rings (SSSR count). The second-order valence-electron chi connectivity index (χ2n) is 4.63. The van der Waals surface area contributed by atoms with E-state index < -0.39 is 10.0 Å². The Labute approximate surface area is 118 Å². The van der Waals surface area contributed by atoms with Crippen molar-refractivity contribution in [3.8, 4) is 0 Å². The molecule has 0 N–H and O–H groups in total. The van der Waals surface area contributed by atoms with Crippen LogP contribution in [0.25, 0.3) is 0 Å². The zero-order chi connectivity index (χ0) is 13.3. The molecule has 0 amide bonds. The molecule has 0 saturated heterocycles. The van der Waals surface area contributed by atoms with Crippen molar-refractivity contribution < 1.29 is 8.42 Å². The molecule has 1 fully saturated rings. The second-order valence-corrected chi connectivity index (χ2v) is 7.32. The highest BCUT2D eigenvalue weighted by molar-refractivity contribution is 7.89. The van der Waals surface area contributed by atoms with Gasteiger partial charge in [0, 0.05) is 19.5 Å². The number of rotatable bonds is 5. The van der Waals surface area contributed by atoms with E-state index in [0.29, 0.717) is 12.5 Å². The standard InChI is InChI=1S/C12H15Cl2NO2S/c1-15(8-9-2-3-9)18(16,17)12-6-10(7-13)4-5-11(12)14/h4-6,9H,2-3,7-8H2,1H3. The number of nitrogens with zero attached hydrogens (tertiary/aromatic N) is 1. The maximum Gasteiger partial charge on any atom is 0.244 e. The minimum atomic E-state index is -3.51. The molecule has 18 heavy (non-hydrogen) atoms. The minimum absolute atomic E-state index is 0.144. The number of sulfonamides is 1. The van der Waals surface area contributed by atoms with Crippen molar-refractivity contribution in [1.82, 2.24) is 4.31 Å². The highest BCUT2D eigenvalue weighted by Gasteiger charge is 2.30. The van der Waals surface area contributed by atoms with Gasteiger partial charge in [-0.25, -0.2) is 12.7 Å². The van der Waals surface area contributed by atoms with Gasteiger partial charge in [-0.1, -0.05) is 17.7 Å². The predicted octanol–water partition coefficient (Wildman–Crippen LogP) is 3.11. The fourth-order valence-electron chi connectivity index (χ4n) is 1.76. The van der Waals surface area contributed by atoms with Crippen molar-refractivity contribution in [3.63, 3.8) is 0 Å². The quantitative estimate of drug-likeness (QED) is 0.784. The Morgan fingerprint density at radius 2 is 2.06 bits per heavy atom. The number of hydrogen-bond donors (Lipinski definition) is 0. The molecule has 0 aliphatic heterocycles. The van der Waals surface area contributed by atoms with E-state index in [0.717, 1.165) is 18.4 Å². The molecule has 1 aromatic rings. The van der Waals surface area contributed by atoms with Crippen LogP contribution in [0.3, 0.4) is 0 Å². The third-order valence-electron chi connectivity index (χ3n) is 3.05. The van der Waals surface area contributed by atoms with Crippen LogP contribution in [0.15, 0.2) is 23.1 Å². The van der Waals surface area contributed by atoms with Gasteiger partial charge in [0.15, 0.2) is 0 Å². The maximum atomic E-state index is 12.4. The zero-order valence-electron chi connectivity index (χ0n) is 10.1. The number of alkyl halides is 1. The van der Waals surface area contributed by atoms with Crippen molar-refractivity contribution in [2.24, 2.45) is 5.92 Å². The SMILES string of the molecule is CN(CC1CC1)S(=O)(=O)c1cc(CCl)ccc1Cl. The average Bonchev–Trinajstić information content (AvgIpc) is 3.13. The number of hydrogen-bond acceptors (Lipinski definition) is 2. The summed E-state index contributed by atoms with van der Waals surface area (Å²) in [6.07, 6.45) is 2.21. The molecule has 0 spiro atoms. The molecule has 6 heteroatoms. The van der Waals surface area contributed by atoms with Crippen LogP contribution in [0, 0.1) is 5.92 Å². The first kappa shape index (κ1) is 14.1. The maximum absolute atomic E-state index is 12.4. The van der Waals surface area contributed by atoms with Gasteiger partial charge in [0.1, 0.15) is 4.90 Å². The highest BCUT2D eigenvalue weighted by Crippen LogP contribution is 2.32. The molecule has 0 heterocycles. The van der Waals surface area contributed by atoms with Crippen molar-refractivity contribution in [3.05, 3.63) is 28.8 Å². The monoisotopic (exact) mass is 307 g/mol. The van der Waals surface area contributed by atoms with Crippen LogP contribution in [-0.4, -0.2) is 26.3 Å². The zero-order valence-corrected chi connectivity index (χ0v) is 12.4. The van der Waals surface area contributed by atoms with Crippen molar-refractivity contribution >= 4 is 33.2 Å². The van der Waals surface area contributed by atoms with Gasteiger partial charge in [-0.2, -0.15) is 0 Å². The van der Waals surface area contributed by atoms with Crippen LogP contribution in [0.4, 0.5) is 0 Å². The molecule has 0 unspecified atom stereocenters. The van der Waals surface area contributed by atoms with Gasteiger partial charge in [-0.15, -0.1) is 11.6 Å². The topological polar surface area (TPSA) is 37.4 Å². The van der Waals surface area contributed by atoms with E-state index in [2.05, 4.69) is 0 Å². The summed E-state index contributed by atoms with van der Waals surface area (Å²) in [6.45, 7) is 0.559. The van der Waals surface area contributed by atoms with Crippen LogP contribution in [0.1, 0.15) is 18.4 Å². The molecule has 1 aliphatic carbocycles. The van der Waals surface area contributed by atoms with Gasteiger partial charge < -0.3 is 0 Å². The summed E-state index contributed by atoms with van der Waals surface area (Å²) in [5.41, 5.74) is 0.750. The van der Waals surface area contributed by atoms with Gasteiger partial charge in [-0.05, 0) is 36.5 Å². The Bertz CT molecular complexity index is 541. The molecule has 1 aliphatic rings. The molecule has 1 aromatic carbocycles. The molecular weight excluding hydrogens is 293 g/mol. The summed E-state index contributed by atoms with van der Waals surface area (Å²) in [6, 6.07) is 4.86. The van der Waals surface area contributed by atoms with Gasteiger partial charge in [-0.3, -0.25) is 0 Å². The second kappa shape index (κ2) is 5.37. The minimum Gasteiger partial charge on any atom is -0.207 e. The van der Waals surface area contributed by atoms with Crippen molar-refractivity contribution in [1.29, 1.82) is 0 Å². The van der Waals surface area contributed by atoms with Crippen LogP contribution >= 0.6 is 23.2 Å². The van der Waals surface area contributed by atoms with Crippen LogP contribution in [0.2, 0.25) is 5.02 Å². The normalized spacial score (nSPS) is 16.2. The third kappa shape index (κ3) is 2.99. The predicted molar refractivity (Wildman–Crippen MR) is 73.5 cm³/mol. The molecule has 1 saturated carbocycles. The summed E-state index contributed by atoms with van der Waals surface area (Å²) in [5.74, 6) is 0.770. The summed E-state index contributed by atoms with van der Waals surface area (Å²) in [4.78, 5) is 0.144. The van der Waals surface area contributed by atoms with E-state index in [1.165, 1.54) is 4.31 Å².